The number of benzene rings is 3. The summed E-state index contributed by atoms with van der Waals surface area (Å²) in [7, 11) is -4.15. The molecule has 1 unspecified atom stereocenters. The number of nitrogens with zero attached hydrogens (tertiary/aromatic N) is 4. The van der Waals surface area contributed by atoms with Crippen molar-refractivity contribution in [3.8, 4) is 0 Å². The molecule has 4 aliphatic carbocycles. The highest BCUT2D eigenvalue weighted by Crippen LogP contribution is 2.60. The topological polar surface area (TPSA) is 113 Å². The summed E-state index contributed by atoms with van der Waals surface area (Å²) >= 11 is 12.2. The van der Waals surface area contributed by atoms with Crippen molar-refractivity contribution in [1.82, 2.24) is 10.3 Å². The zero-order valence-electron chi connectivity index (χ0n) is 24.8. The SMILES string of the molecule is NC(=NCC12CC3CC(CC(C3)C1)C2)N/C(=N/S(=O)(=O)c1ccc(Cl)cc1)N1CC(c2ccccc2)C(c2ccc(Cl)cc2)=N1. The van der Waals surface area contributed by atoms with E-state index in [1.807, 2.05) is 54.6 Å². The van der Waals surface area contributed by atoms with Crippen molar-refractivity contribution in [2.75, 3.05) is 13.1 Å². The van der Waals surface area contributed by atoms with Crippen LogP contribution in [0.1, 0.15) is 55.6 Å². The van der Waals surface area contributed by atoms with Crippen LogP contribution in [0.15, 0.2) is 98.2 Å². The van der Waals surface area contributed by atoms with Gasteiger partial charge < -0.3 is 5.73 Å². The molecule has 1 heterocycles. The minimum atomic E-state index is -4.15. The van der Waals surface area contributed by atoms with Gasteiger partial charge in [-0.05, 0) is 109 Å². The van der Waals surface area contributed by atoms with Gasteiger partial charge in [0.2, 0.25) is 5.96 Å². The summed E-state index contributed by atoms with van der Waals surface area (Å²) in [5.41, 5.74) is 9.37. The van der Waals surface area contributed by atoms with Gasteiger partial charge in [0.25, 0.3) is 10.0 Å². The van der Waals surface area contributed by atoms with E-state index in [4.69, 9.17) is 39.0 Å². The second-order valence-corrected chi connectivity index (χ2v) is 15.6. The Morgan fingerprint density at radius 2 is 1.47 bits per heavy atom. The number of halogens is 2. The first-order chi connectivity index (χ1) is 21.6. The van der Waals surface area contributed by atoms with Crippen molar-refractivity contribution in [1.29, 1.82) is 0 Å². The van der Waals surface area contributed by atoms with Crippen LogP contribution >= 0.6 is 23.2 Å². The largest absolute Gasteiger partial charge is 0.370 e. The van der Waals surface area contributed by atoms with E-state index in [1.165, 1.54) is 62.8 Å². The molecule has 45 heavy (non-hydrogen) atoms. The monoisotopic (exact) mass is 662 g/mol. The summed E-state index contributed by atoms with van der Waals surface area (Å²) in [5, 5.41) is 10.6. The van der Waals surface area contributed by atoms with Gasteiger partial charge in [0.05, 0.1) is 17.2 Å². The summed E-state index contributed by atoms with van der Waals surface area (Å²) < 4.78 is 31.4. The Balaban J connectivity index is 1.23. The Labute approximate surface area is 274 Å². The first-order valence-corrected chi connectivity index (χ1v) is 17.7. The third-order valence-electron chi connectivity index (χ3n) is 9.81. The van der Waals surface area contributed by atoms with Gasteiger partial charge in [-0.2, -0.15) is 13.5 Å². The van der Waals surface area contributed by atoms with Crippen LogP contribution in [-0.4, -0.2) is 44.1 Å². The number of aliphatic imine (C=N–C) groups is 1. The molecule has 8 rings (SSSR count). The van der Waals surface area contributed by atoms with E-state index in [-0.39, 0.29) is 28.1 Å². The number of sulfonamides is 1. The Morgan fingerprint density at radius 1 is 0.889 bits per heavy atom. The number of hydrazone groups is 1. The number of hydrogen-bond acceptors (Lipinski definition) is 4. The molecule has 4 saturated carbocycles. The lowest BCUT2D eigenvalue weighted by atomic mass is 9.49. The van der Waals surface area contributed by atoms with E-state index in [2.05, 4.69) is 9.71 Å². The molecule has 0 radical (unpaired) electrons. The van der Waals surface area contributed by atoms with Crippen molar-refractivity contribution in [3.63, 3.8) is 0 Å². The predicted molar refractivity (Wildman–Crippen MR) is 180 cm³/mol. The predicted octanol–water partition coefficient (Wildman–Crippen LogP) is 6.66. The average Bonchev–Trinajstić information content (AvgIpc) is 3.46. The Hall–Kier alpha value is -3.40. The molecule has 234 valence electrons. The lowest BCUT2D eigenvalue weighted by molar-refractivity contribution is -0.0465. The van der Waals surface area contributed by atoms with Crippen LogP contribution in [0.3, 0.4) is 0 Å². The maximum Gasteiger partial charge on any atom is 0.285 e. The lowest BCUT2D eigenvalue weighted by Gasteiger charge is -2.56. The van der Waals surface area contributed by atoms with E-state index >= 15 is 0 Å². The molecule has 0 saturated heterocycles. The van der Waals surface area contributed by atoms with Gasteiger partial charge in [0.1, 0.15) is 0 Å². The van der Waals surface area contributed by atoms with Crippen LogP contribution in [0.5, 0.6) is 0 Å². The standard InChI is InChI=1S/C34H36Cl2N6O2S/c35-27-8-6-26(7-9-27)31-30(25-4-2-1-3-5-25)20-42(40-31)33(41-45(43,44)29-12-10-28(36)11-13-29)39-32(37)38-21-34-17-22-14-23(18-34)16-24(15-22)19-34/h1-13,22-24,30H,14-21H2,(H3,37,38,39,41). The minimum absolute atomic E-state index is 0.0102. The zero-order chi connectivity index (χ0) is 31.2. The Morgan fingerprint density at radius 3 is 2.07 bits per heavy atom. The summed E-state index contributed by atoms with van der Waals surface area (Å²) in [6.07, 6.45) is 7.63. The first-order valence-electron chi connectivity index (χ1n) is 15.5. The van der Waals surface area contributed by atoms with E-state index in [9.17, 15) is 8.42 Å². The van der Waals surface area contributed by atoms with E-state index < -0.39 is 10.0 Å². The first kappa shape index (κ1) is 30.3. The zero-order valence-corrected chi connectivity index (χ0v) is 27.1. The summed E-state index contributed by atoms with van der Waals surface area (Å²) in [4.78, 5) is 4.81. The van der Waals surface area contributed by atoms with Gasteiger partial charge in [-0.1, -0.05) is 65.7 Å². The molecule has 1 aliphatic heterocycles. The quantitative estimate of drug-likeness (QED) is 0.226. The van der Waals surface area contributed by atoms with E-state index in [0.717, 1.165) is 34.6 Å². The van der Waals surface area contributed by atoms with Gasteiger partial charge in [0.15, 0.2) is 5.96 Å². The van der Waals surface area contributed by atoms with Crippen LogP contribution in [0.2, 0.25) is 10.0 Å². The third kappa shape index (κ3) is 6.48. The fourth-order valence-corrected chi connectivity index (χ4v) is 9.47. The van der Waals surface area contributed by atoms with Crippen molar-refractivity contribution >= 4 is 50.9 Å². The second-order valence-electron chi connectivity index (χ2n) is 13.1. The van der Waals surface area contributed by atoms with Gasteiger partial charge in [-0.15, -0.1) is 4.40 Å². The highest BCUT2D eigenvalue weighted by atomic mass is 35.5. The number of hydrogen-bond donors (Lipinski definition) is 2. The molecule has 0 spiro atoms. The highest BCUT2D eigenvalue weighted by molar-refractivity contribution is 7.90. The summed E-state index contributed by atoms with van der Waals surface area (Å²) in [5.74, 6) is 2.33. The molecule has 8 nitrogen and oxygen atoms in total. The van der Waals surface area contributed by atoms with Crippen molar-refractivity contribution < 1.29 is 8.42 Å². The van der Waals surface area contributed by atoms with Crippen LogP contribution in [-0.2, 0) is 10.0 Å². The summed E-state index contributed by atoms with van der Waals surface area (Å²) in [6.45, 7) is 0.963. The fourth-order valence-electron chi connectivity index (χ4n) is 8.26. The van der Waals surface area contributed by atoms with Crippen LogP contribution in [0.25, 0.3) is 0 Å². The molecule has 1 atom stereocenters. The number of rotatable bonds is 6. The van der Waals surface area contributed by atoms with Gasteiger partial charge in [-0.3, -0.25) is 10.3 Å². The molecule has 4 bridgehead atoms. The van der Waals surface area contributed by atoms with Crippen LogP contribution in [0, 0.1) is 23.2 Å². The van der Waals surface area contributed by atoms with Crippen molar-refractivity contribution in [2.45, 2.75) is 49.3 Å². The molecule has 5 aliphatic rings. The molecular formula is C34H36Cl2N6O2S. The van der Waals surface area contributed by atoms with E-state index in [1.54, 1.807) is 5.01 Å². The van der Waals surface area contributed by atoms with Gasteiger partial charge >= 0.3 is 0 Å². The number of nitrogens with two attached hydrogens (primary N) is 1. The Kier molecular flexibility index (Phi) is 8.12. The molecule has 0 aromatic heterocycles. The molecule has 3 aromatic rings. The molecule has 11 heteroatoms. The van der Waals surface area contributed by atoms with Gasteiger partial charge in [0, 0.05) is 22.5 Å². The van der Waals surface area contributed by atoms with Crippen LogP contribution in [0.4, 0.5) is 0 Å². The average molecular weight is 664 g/mol. The second kappa shape index (κ2) is 12.1. The van der Waals surface area contributed by atoms with Gasteiger partial charge in [-0.25, -0.2) is 5.01 Å². The normalized spacial score (nSPS) is 28.0. The maximum absolute atomic E-state index is 13.6. The van der Waals surface area contributed by atoms with Crippen molar-refractivity contribution in [3.05, 3.63) is 100 Å². The molecule has 4 fully saturated rings. The number of nitrogens with one attached hydrogen (secondary N) is 1. The Bertz CT molecular complexity index is 1720. The molecule has 3 aromatic carbocycles. The lowest BCUT2D eigenvalue weighted by Crippen LogP contribution is -2.49. The third-order valence-corrected chi connectivity index (χ3v) is 11.6. The van der Waals surface area contributed by atoms with Crippen molar-refractivity contribution in [2.24, 2.45) is 43.4 Å². The smallest absolute Gasteiger partial charge is 0.285 e. The molecule has 0 amide bonds. The highest BCUT2D eigenvalue weighted by Gasteiger charge is 2.50. The summed E-state index contributed by atoms with van der Waals surface area (Å²) in [6, 6.07) is 23.4. The maximum atomic E-state index is 13.6. The molecular weight excluding hydrogens is 627 g/mol. The van der Waals surface area contributed by atoms with Crippen LogP contribution < -0.4 is 11.1 Å². The molecule has 3 N–H and O–H groups in total. The number of guanidine groups is 2. The minimum Gasteiger partial charge on any atom is -0.370 e. The fraction of sp³-hybridized carbons (Fsp3) is 0.382. The van der Waals surface area contributed by atoms with E-state index in [0.29, 0.717) is 23.1 Å².